The zero-order chi connectivity index (χ0) is 16.0. The third kappa shape index (κ3) is 5.22. The second kappa shape index (κ2) is 7.39. The van der Waals surface area contributed by atoms with Gasteiger partial charge in [0.2, 0.25) is 11.8 Å². The van der Waals surface area contributed by atoms with Crippen molar-refractivity contribution < 1.29 is 19.5 Å². The van der Waals surface area contributed by atoms with Crippen molar-refractivity contribution in [3.8, 4) is 0 Å². The molecule has 0 aliphatic carbocycles. The minimum absolute atomic E-state index is 0.149. The van der Waals surface area contributed by atoms with Gasteiger partial charge in [-0.1, -0.05) is 0 Å². The van der Waals surface area contributed by atoms with E-state index < -0.39 is 35.9 Å². The van der Waals surface area contributed by atoms with E-state index in [0.717, 1.165) is 0 Å². The Labute approximate surface area is 121 Å². The predicted molar refractivity (Wildman–Crippen MR) is 73.1 cm³/mol. The molecule has 1 heterocycles. The van der Waals surface area contributed by atoms with Crippen molar-refractivity contribution in [2.75, 3.05) is 0 Å². The molecule has 2 amide bonds. The van der Waals surface area contributed by atoms with Crippen molar-refractivity contribution in [3.05, 3.63) is 18.2 Å². The van der Waals surface area contributed by atoms with Crippen LogP contribution in [0.25, 0.3) is 0 Å². The number of carbonyl (C=O) groups excluding carboxylic acids is 2. The Morgan fingerprint density at radius 1 is 1.33 bits per heavy atom. The number of aromatic amines is 1. The first kappa shape index (κ1) is 16.6. The molecule has 1 aromatic rings. The summed E-state index contributed by atoms with van der Waals surface area (Å²) in [7, 11) is 0. The number of carboxylic acid groups (broad SMARTS) is 1. The van der Waals surface area contributed by atoms with Crippen LogP contribution in [0.3, 0.4) is 0 Å². The summed E-state index contributed by atoms with van der Waals surface area (Å²) in [4.78, 5) is 41.1. The molecule has 0 saturated carbocycles. The van der Waals surface area contributed by atoms with E-state index in [1.54, 1.807) is 0 Å². The van der Waals surface area contributed by atoms with E-state index in [2.05, 4.69) is 20.6 Å². The molecule has 0 bridgehead atoms. The highest BCUT2D eigenvalue weighted by Gasteiger charge is 2.25. The third-order valence-corrected chi connectivity index (χ3v) is 2.75. The minimum Gasteiger partial charge on any atom is -0.480 e. The van der Waals surface area contributed by atoms with Gasteiger partial charge in [0.25, 0.3) is 0 Å². The van der Waals surface area contributed by atoms with Gasteiger partial charge in [0.1, 0.15) is 12.1 Å². The average Bonchev–Trinajstić information content (AvgIpc) is 2.90. The van der Waals surface area contributed by atoms with E-state index >= 15 is 0 Å². The number of imidazole rings is 1. The Bertz CT molecular complexity index is 500. The first-order chi connectivity index (χ1) is 9.81. The molecule has 0 aromatic carbocycles. The van der Waals surface area contributed by atoms with Crippen LogP contribution in [0.2, 0.25) is 0 Å². The molecular formula is C12H19N5O4. The molecule has 0 radical (unpaired) electrons. The maximum absolute atomic E-state index is 12.1. The van der Waals surface area contributed by atoms with Crippen molar-refractivity contribution in [3.63, 3.8) is 0 Å². The van der Waals surface area contributed by atoms with E-state index in [9.17, 15) is 14.4 Å². The van der Waals surface area contributed by atoms with Crippen LogP contribution in [0.4, 0.5) is 0 Å². The summed E-state index contributed by atoms with van der Waals surface area (Å²) in [5.74, 6) is -2.27. The summed E-state index contributed by atoms with van der Waals surface area (Å²) >= 11 is 0. The van der Waals surface area contributed by atoms with Crippen molar-refractivity contribution in [2.24, 2.45) is 5.73 Å². The van der Waals surface area contributed by atoms with Crippen molar-refractivity contribution in [1.29, 1.82) is 0 Å². The molecule has 0 aliphatic heterocycles. The average molecular weight is 297 g/mol. The summed E-state index contributed by atoms with van der Waals surface area (Å²) in [5.41, 5.74) is 6.08. The largest absolute Gasteiger partial charge is 0.480 e. The maximum Gasteiger partial charge on any atom is 0.325 e. The van der Waals surface area contributed by atoms with E-state index in [1.807, 2.05) is 0 Å². The lowest BCUT2D eigenvalue weighted by atomic mass is 10.1. The number of nitrogens with two attached hydrogens (primary N) is 1. The van der Waals surface area contributed by atoms with Gasteiger partial charge in [-0.15, -0.1) is 0 Å². The molecule has 0 saturated heterocycles. The second-order valence-electron chi connectivity index (χ2n) is 4.70. The van der Waals surface area contributed by atoms with E-state index in [-0.39, 0.29) is 6.42 Å². The van der Waals surface area contributed by atoms with Crippen LogP contribution in [0.5, 0.6) is 0 Å². The SMILES string of the molecule is CC(N)C(=O)NC(Cc1cnc[nH]1)C(=O)NC(C)C(=O)O. The topological polar surface area (TPSA) is 150 Å². The molecule has 116 valence electrons. The molecule has 1 rings (SSSR count). The standard InChI is InChI=1S/C12H19N5O4/c1-6(13)10(18)17-9(3-8-4-14-5-15-8)11(19)16-7(2)12(20)21/h4-7,9H,3,13H2,1-2H3,(H,14,15)(H,16,19)(H,17,18)(H,20,21). The molecule has 21 heavy (non-hydrogen) atoms. The highest BCUT2D eigenvalue weighted by atomic mass is 16.4. The van der Waals surface area contributed by atoms with Gasteiger partial charge in [0.05, 0.1) is 12.4 Å². The number of rotatable bonds is 7. The summed E-state index contributed by atoms with van der Waals surface area (Å²) in [6.07, 6.45) is 3.10. The van der Waals surface area contributed by atoms with Gasteiger partial charge in [-0.25, -0.2) is 4.98 Å². The Balaban J connectivity index is 2.77. The zero-order valence-electron chi connectivity index (χ0n) is 11.8. The van der Waals surface area contributed by atoms with Crippen LogP contribution in [0.15, 0.2) is 12.5 Å². The molecule has 6 N–H and O–H groups in total. The molecular weight excluding hydrogens is 278 g/mol. The third-order valence-electron chi connectivity index (χ3n) is 2.75. The number of hydrogen-bond donors (Lipinski definition) is 5. The van der Waals surface area contributed by atoms with Crippen LogP contribution in [0, 0.1) is 0 Å². The summed E-state index contributed by atoms with van der Waals surface area (Å²) in [6, 6.07) is -2.78. The molecule has 3 atom stereocenters. The number of carbonyl (C=O) groups is 3. The Hall–Kier alpha value is -2.42. The monoisotopic (exact) mass is 297 g/mol. The van der Waals surface area contributed by atoms with Gasteiger partial charge in [-0.05, 0) is 13.8 Å². The minimum atomic E-state index is -1.16. The fourth-order valence-electron chi connectivity index (χ4n) is 1.50. The molecule has 9 heteroatoms. The molecule has 0 aliphatic rings. The van der Waals surface area contributed by atoms with Gasteiger partial charge in [-0.2, -0.15) is 0 Å². The lowest BCUT2D eigenvalue weighted by Gasteiger charge is -2.20. The summed E-state index contributed by atoms with van der Waals surface area (Å²) < 4.78 is 0. The fraction of sp³-hybridized carbons (Fsp3) is 0.500. The highest BCUT2D eigenvalue weighted by molar-refractivity contribution is 5.91. The molecule has 0 fully saturated rings. The number of aromatic nitrogens is 2. The van der Waals surface area contributed by atoms with Crippen molar-refractivity contribution in [1.82, 2.24) is 20.6 Å². The van der Waals surface area contributed by atoms with E-state index in [1.165, 1.54) is 26.4 Å². The Morgan fingerprint density at radius 2 is 2.00 bits per heavy atom. The predicted octanol–water partition coefficient (Wildman–Crippen LogP) is -1.63. The van der Waals surface area contributed by atoms with Crippen LogP contribution < -0.4 is 16.4 Å². The molecule has 3 unspecified atom stereocenters. The fourth-order valence-corrected chi connectivity index (χ4v) is 1.50. The molecule has 1 aromatic heterocycles. The van der Waals surface area contributed by atoms with Crippen molar-refractivity contribution >= 4 is 17.8 Å². The van der Waals surface area contributed by atoms with Gasteiger partial charge in [-0.3, -0.25) is 14.4 Å². The Morgan fingerprint density at radius 3 is 2.48 bits per heavy atom. The van der Waals surface area contributed by atoms with Crippen LogP contribution >= 0.6 is 0 Å². The van der Waals surface area contributed by atoms with Gasteiger partial charge in [0.15, 0.2) is 0 Å². The first-order valence-corrected chi connectivity index (χ1v) is 6.37. The smallest absolute Gasteiger partial charge is 0.325 e. The Kier molecular flexibility index (Phi) is 5.85. The zero-order valence-corrected chi connectivity index (χ0v) is 11.8. The van der Waals surface area contributed by atoms with Crippen molar-refractivity contribution in [2.45, 2.75) is 38.4 Å². The number of hydrogen-bond acceptors (Lipinski definition) is 5. The second-order valence-corrected chi connectivity index (χ2v) is 4.70. The summed E-state index contributed by atoms with van der Waals surface area (Å²) in [6.45, 7) is 2.82. The lowest BCUT2D eigenvalue weighted by Crippen LogP contribution is -2.54. The quantitative estimate of drug-likeness (QED) is 0.408. The van der Waals surface area contributed by atoms with E-state index in [0.29, 0.717) is 5.69 Å². The van der Waals surface area contributed by atoms with E-state index in [4.69, 9.17) is 10.8 Å². The summed E-state index contributed by atoms with van der Waals surface area (Å²) in [5, 5.41) is 13.6. The number of nitrogens with zero attached hydrogens (tertiary/aromatic N) is 1. The van der Waals surface area contributed by atoms with Crippen LogP contribution in [0.1, 0.15) is 19.5 Å². The normalized spacial score (nSPS) is 14.8. The maximum atomic E-state index is 12.1. The molecule has 0 spiro atoms. The number of nitrogens with one attached hydrogen (secondary N) is 3. The van der Waals surface area contributed by atoms with Crippen LogP contribution in [-0.4, -0.2) is 51.0 Å². The number of carboxylic acids is 1. The number of amides is 2. The highest BCUT2D eigenvalue weighted by Crippen LogP contribution is 2.00. The molecule has 9 nitrogen and oxygen atoms in total. The van der Waals surface area contributed by atoms with Gasteiger partial charge < -0.3 is 26.5 Å². The van der Waals surface area contributed by atoms with Gasteiger partial charge >= 0.3 is 5.97 Å². The number of aliphatic carboxylic acids is 1. The number of H-pyrrole nitrogens is 1. The first-order valence-electron chi connectivity index (χ1n) is 6.37. The van der Waals surface area contributed by atoms with Gasteiger partial charge in [0, 0.05) is 18.3 Å². The lowest BCUT2D eigenvalue weighted by molar-refractivity contribution is -0.141. The van der Waals surface area contributed by atoms with Crippen LogP contribution in [-0.2, 0) is 20.8 Å².